The van der Waals surface area contributed by atoms with E-state index in [1.165, 1.54) is 0 Å². The van der Waals surface area contributed by atoms with Gasteiger partial charge in [0.15, 0.2) is 11.5 Å². The number of hydrogen-bond acceptors (Lipinski definition) is 5. The molecule has 2 N–H and O–H groups in total. The van der Waals surface area contributed by atoms with Crippen molar-refractivity contribution >= 4 is 11.6 Å². The van der Waals surface area contributed by atoms with Crippen LogP contribution in [0.4, 0.5) is 5.69 Å². The van der Waals surface area contributed by atoms with Crippen LogP contribution in [-0.2, 0) is 4.79 Å². The molecule has 0 aromatic heterocycles. The van der Waals surface area contributed by atoms with Gasteiger partial charge in [0.1, 0.15) is 25.0 Å². The van der Waals surface area contributed by atoms with Crippen molar-refractivity contribution in [2.75, 3.05) is 25.2 Å². The van der Waals surface area contributed by atoms with E-state index in [1.807, 2.05) is 42.5 Å². The quantitative estimate of drug-likeness (QED) is 0.872. The maximum atomic E-state index is 12.4. The summed E-state index contributed by atoms with van der Waals surface area (Å²) in [6.45, 7) is 1.04. The van der Waals surface area contributed by atoms with Crippen LogP contribution in [0.2, 0.25) is 0 Å². The first kappa shape index (κ1) is 14.8. The van der Waals surface area contributed by atoms with Crippen LogP contribution in [0.5, 0.6) is 17.2 Å². The van der Waals surface area contributed by atoms with Crippen LogP contribution >= 0.6 is 0 Å². The lowest BCUT2D eigenvalue weighted by Crippen LogP contribution is -2.63. The predicted molar refractivity (Wildman–Crippen MR) is 88.6 cm³/mol. The molecule has 2 heterocycles. The average Bonchev–Trinajstić information content (AvgIpc) is 2.64. The molecule has 2 aromatic rings. The lowest BCUT2D eigenvalue weighted by Gasteiger charge is -2.45. The summed E-state index contributed by atoms with van der Waals surface area (Å²) in [6.07, 6.45) is 0. The molecule has 0 radical (unpaired) electrons. The first-order chi connectivity index (χ1) is 11.7. The van der Waals surface area contributed by atoms with E-state index in [-0.39, 0.29) is 11.9 Å². The molecule has 0 saturated carbocycles. The molecule has 124 valence electrons. The molecule has 2 aromatic carbocycles. The lowest BCUT2D eigenvalue weighted by atomic mass is 9.88. The van der Waals surface area contributed by atoms with Gasteiger partial charge < -0.3 is 24.8 Å². The van der Waals surface area contributed by atoms with Gasteiger partial charge in [-0.25, -0.2) is 0 Å². The molecule has 1 amide bonds. The van der Waals surface area contributed by atoms with Gasteiger partial charge in [-0.15, -0.1) is 0 Å². The zero-order valence-electron chi connectivity index (χ0n) is 13.3. The van der Waals surface area contributed by atoms with Crippen LogP contribution in [0, 0.1) is 0 Å². The average molecular weight is 326 g/mol. The minimum atomic E-state index is -0.565. The zero-order chi connectivity index (χ0) is 16.7. The molecule has 2 aliphatic heterocycles. The number of nitrogens with two attached hydrogens (primary N) is 1. The second kappa shape index (κ2) is 5.72. The van der Waals surface area contributed by atoms with Crippen molar-refractivity contribution in [1.29, 1.82) is 0 Å². The first-order valence-corrected chi connectivity index (χ1v) is 7.81. The third-order valence-electron chi connectivity index (χ3n) is 4.38. The van der Waals surface area contributed by atoms with Gasteiger partial charge in [-0.2, -0.15) is 0 Å². The van der Waals surface area contributed by atoms with Gasteiger partial charge in [0.2, 0.25) is 5.91 Å². The molecule has 2 aliphatic rings. The van der Waals surface area contributed by atoms with E-state index < -0.39 is 6.04 Å². The number of ether oxygens (including phenoxy) is 3. The summed E-state index contributed by atoms with van der Waals surface area (Å²) >= 11 is 0. The Morgan fingerprint density at radius 1 is 1.12 bits per heavy atom. The number of fused-ring (bicyclic) bond motifs is 1. The van der Waals surface area contributed by atoms with Gasteiger partial charge in [0.25, 0.3) is 0 Å². The monoisotopic (exact) mass is 326 g/mol. The molecule has 24 heavy (non-hydrogen) atoms. The highest BCUT2D eigenvalue weighted by Crippen LogP contribution is 2.42. The van der Waals surface area contributed by atoms with Crippen LogP contribution in [0.25, 0.3) is 0 Å². The fraction of sp³-hybridized carbons (Fsp3) is 0.278. The van der Waals surface area contributed by atoms with Crippen molar-refractivity contribution in [2.24, 2.45) is 5.73 Å². The fourth-order valence-electron chi connectivity index (χ4n) is 3.16. The van der Waals surface area contributed by atoms with Crippen LogP contribution in [-0.4, -0.2) is 32.3 Å². The number of hydrogen-bond donors (Lipinski definition) is 1. The Labute approximate surface area is 139 Å². The van der Waals surface area contributed by atoms with Crippen molar-refractivity contribution in [2.45, 2.75) is 12.1 Å². The van der Waals surface area contributed by atoms with Gasteiger partial charge in [-0.3, -0.25) is 4.79 Å². The molecule has 1 fully saturated rings. The lowest BCUT2D eigenvalue weighted by molar-refractivity contribution is -0.126. The van der Waals surface area contributed by atoms with E-state index in [1.54, 1.807) is 12.0 Å². The highest BCUT2D eigenvalue weighted by molar-refractivity contribution is 6.05. The van der Waals surface area contributed by atoms with Crippen LogP contribution < -0.4 is 24.8 Å². The minimum Gasteiger partial charge on any atom is -0.497 e. The van der Waals surface area contributed by atoms with E-state index >= 15 is 0 Å². The molecular formula is C18H18N2O4. The highest BCUT2D eigenvalue weighted by Gasteiger charge is 2.47. The number of rotatable bonds is 3. The van der Waals surface area contributed by atoms with E-state index in [0.29, 0.717) is 24.7 Å². The summed E-state index contributed by atoms with van der Waals surface area (Å²) in [7, 11) is 1.61. The Morgan fingerprint density at radius 3 is 2.71 bits per heavy atom. The van der Waals surface area contributed by atoms with Crippen molar-refractivity contribution < 1.29 is 19.0 Å². The number of anilines is 1. The third kappa shape index (κ3) is 2.27. The van der Waals surface area contributed by atoms with Crippen molar-refractivity contribution in [1.82, 2.24) is 0 Å². The number of benzene rings is 2. The van der Waals surface area contributed by atoms with Gasteiger partial charge in [0.05, 0.1) is 13.2 Å². The molecule has 6 heteroatoms. The second-order valence-electron chi connectivity index (χ2n) is 5.78. The van der Waals surface area contributed by atoms with Crippen LogP contribution in [0.1, 0.15) is 11.6 Å². The number of carbonyl (C=O) groups is 1. The Morgan fingerprint density at radius 2 is 1.92 bits per heavy atom. The fourth-order valence-corrected chi connectivity index (χ4v) is 3.16. The molecule has 6 nitrogen and oxygen atoms in total. The highest BCUT2D eigenvalue weighted by atomic mass is 16.6. The van der Waals surface area contributed by atoms with Crippen molar-refractivity contribution in [3.05, 3.63) is 48.0 Å². The second-order valence-corrected chi connectivity index (χ2v) is 5.78. The number of nitrogens with zero attached hydrogens (tertiary/aromatic N) is 1. The predicted octanol–water partition coefficient (Wildman–Crippen LogP) is 1.88. The molecule has 0 bridgehead atoms. The smallest absolute Gasteiger partial charge is 0.247 e. The van der Waals surface area contributed by atoms with Crippen LogP contribution in [0.15, 0.2) is 42.5 Å². The van der Waals surface area contributed by atoms with E-state index in [0.717, 1.165) is 17.0 Å². The number of amides is 1. The van der Waals surface area contributed by atoms with E-state index in [4.69, 9.17) is 19.9 Å². The maximum absolute atomic E-state index is 12.4. The normalized spacial score (nSPS) is 22.1. The number of methoxy groups -OCH3 is 1. The Kier molecular flexibility index (Phi) is 3.54. The molecule has 0 aliphatic carbocycles. The van der Waals surface area contributed by atoms with Crippen LogP contribution in [0.3, 0.4) is 0 Å². The van der Waals surface area contributed by atoms with Gasteiger partial charge in [-0.05, 0) is 29.8 Å². The summed E-state index contributed by atoms with van der Waals surface area (Å²) in [6, 6.07) is 12.3. The maximum Gasteiger partial charge on any atom is 0.247 e. The molecule has 4 rings (SSSR count). The summed E-state index contributed by atoms with van der Waals surface area (Å²) in [5, 5.41) is 0. The third-order valence-corrected chi connectivity index (χ3v) is 4.38. The topological polar surface area (TPSA) is 74.0 Å². The summed E-state index contributed by atoms with van der Waals surface area (Å²) in [5.74, 6) is 1.97. The molecule has 1 saturated heterocycles. The van der Waals surface area contributed by atoms with E-state index in [2.05, 4.69) is 0 Å². The SMILES string of the molecule is COc1cccc([C@@H]2[C@H](N)C(=O)N2c2ccc3c(c2)OCCO3)c1. The molecule has 2 atom stereocenters. The zero-order valence-corrected chi connectivity index (χ0v) is 13.3. The van der Waals surface area contributed by atoms with Gasteiger partial charge in [-0.1, -0.05) is 12.1 Å². The van der Waals surface area contributed by atoms with Crippen molar-refractivity contribution in [3.63, 3.8) is 0 Å². The van der Waals surface area contributed by atoms with E-state index in [9.17, 15) is 4.79 Å². The minimum absolute atomic E-state index is 0.112. The van der Waals surface area contributed by atoms with Gasteiger partial charge >= 0.3 is 0 Å². The largest absolute Gasteiger partial charge is 0.497 e. The Bertz CT molecular complexity index is 792. The molecule has 0 spiro atoms. The standard InChI is InChI=1S/C18H18N2O4/c1-22-13-4-2-3-11(9-13)17-16(19)18(21)20(17)12-5-6-14-15(10-12)24-8-7-23-14/h2-6,9-10,16-17H,7-8,19H2,1H3/t16-,17+/m0/s1. The number of β-lactam (4-membered cyclic amide) rings is 1. The summed E-state index contributed by atoms with van der Waals surface area (Å²) < 4.78 is 16.4. The summed E-state index contributed by atoms with van der Waals surface area (Å²) in [5.41, 5.74) is 7.76. The summed E-state index contributed by atoms with van der Waals surface area (Å²) in [4.78, 5) is 14.1. The van der Waals surface area contributed by atoms with Gasteiger partial charge in [0, 0.05) is 11.8 Å². The first-order valence-electron chi connectivity index (χ1n) is 7.81. The van der Waals surface area contributed by atoms with Crippen molar-refractivity contribution in [3.8, 4) is 17.2 Å². The molecule has 0 unspecified atom stereocenters. The Hall–Kier alpha value is -2.73. The number of carbonyl (C=O) groups excluding carboxylic acids is 1. The Balaban J connectivity index is 1.69. The molecular weight excluding hydrogens is 308 g/mol.